The SMILES string of the molecule is O=C(Cn1cccn1)c1cccc(CN2C(=O)N(Cc3ccc4[nH]ncc4c3)[C@H](Cc3ccccc3)[C@H](O)[C@@H](O)[C@H]2Cc2ccccc2)c1. The van der Waals surface area contributed by atoms with Gasteiger partial charge in [-0.2, -0.15) is 10.2 Å². The molecule has 1 aliphatic rings. The van der Waals surface area contributed by atoms with Crippen LogP contribution in [0.25, 0.3) is 10.9 Å². The van der Waals surface area contributed by atoms with Crippen molar-refractivity contribution in [2.24, 2.45) is 0 Å². The number of amides is 2. The second-order valence-electron chi connectivity index (χ2n) is 12.7. The van der Waals surface area contributed by atoms with Crippen molar-refractivity contribution in [1.82, 2.24) is 29.8 Å². The Balaban J connectivity index is 1.28. The van der Waals surface area contributed by atoms with E-state index in [1.165, 1.54) is 0 Å². The van der Waals surface area contributed by atoms with Crippen LogP contribution in [-0.2, 0) is 32.5 Å². The van der Waals surface area contributed by atoms with Crippen molar-refractivity contribution >= 4 is 22.7 Å². The number of hydrogen-bond acceptors (Lipinski definition) is 6. The minimum atomic E-state index is -1.26. The van der Waals surface area contributed by atoms with E-state index in [-0.39, 0.29) is 31.4 Å². The molecular weight excluding hydrogens is 616 g/mol. The number of aliphatic hydroxyl groups is 2. The summed E-state index contributed by atoms with van der Waals surface area (Å²) in [5, 5.41) is 36.2. The van der Waals surface area contributed by atoms with Gasteiger partial charge in [-0.05, 0) is 59.4 Å². The van der Waals surface area contributed by atoms with E-state index in [0.29, 0.717) is 18.4 Å². The van der Waals surface area contributed by atoms with Crippen LogP contribution in [0.1, 0.15) is 32.6 Å². The van der Waals surface area contributed by atoms with Gasteiger partial charge in [0.25, 0.3) is 0 Å². The van der Waals surface area contributed by atoms with Gasteiger partial charge in [0, 0.05) is 36.4 Å². The maximum Gasteiger partial charge on any atom is 0.321 e. The lowest BCUT2D eigenvalue weighted by Crippen LogP contribution is -2.50. The van der Waals surface area contributed by atoms with Crippen molar-refractivity contribution in [3.63, 3.8) is 0 Å². The second-order valence-corrected chi connectivity index (χ2v) is 12.7. The van der Waals surface area contributed by atoms with E-state index >= 15 is 4.79 Å². The summed E-state index contributed by atoms with van der Waals surface area (Å²) in [4.78, 5) is 31.6. The molecular formula is C39H38N6O4. The lowest BCUT2D eigenvalue weighted by molar-refractivity contribution is -0.0408. The molecule has 3 N–H and O–H groups in total. The van der Waals surface area contributed by atoms with Gasteiger partial charge in [-0.1, -0.05) is 84.9 Å². The van der Waals surface area contributed by atoms with Crippen LogP contribution in [0.4, 0.5) is 4.79 Å². The minimum absolute atomic E-state index is 0.0938. The zero-order valence-corrected chi connectivity index (χ0v) is 26.9. The first kappa shape index (κ1) is 32.0. The molecule has 0 radical (unpaired) electrons. The molecule has 1 aliphatic heterocycles. The molecule has 49 heavy (non-hydrogen) atoms. The van der Waals surface area contributed by atoms with Gasteiger partial charge in [-0.3, -0.25) is 14.6 Å². The summed E-state index contributed by atoms with van der Waals surface area (Å²) in [7, 11) is 0. The number of nitrogens with one attached hydrogen (secondary N) is 1. The van der Waals surface area contributed by atoms with Crippen LogP contribution >= 0.6 is 0 Å². The van der Waals surface area contributed by atoms with Crippen molar-refractivity contribution in [2.45, 2.75) is 56.8 Å². The zero-order valence-electron chi connectivity index (χ0n) is 26.9. The van der Waals surface area contributed by atoms with Crippen LogP contribution in [0.15, 0.2) is 128 Å². The molecule has 7 rings (SSSR count). The van der Waals surface area contributed by atoms with Crippen molar-refractivity contribution in [3.8, 4) is 0 Å². The number of H-pyrrole nitrogens is 1. The first-order valence-electron chi connectivity index (χ1n) is 16.5. The molecule has 2 aromatic heterocycles. The highest BCUT2D eigenvalue weighted by Gasteiger charge is 2.46. The van der Waals surface area contributed by atoms with Crippen molar-refractivity contribution in [1.29, 1.82) is 0 Å². The molecule has 248 valence electrons. The van der Waals surface area contributed by atoms with Crippen molar-refractivity contribution in [2.75, 3.05) is 0 Å². The lowest BCUT2D eigenvalue weighted by atomic mass is 9.90. The molecule has 0 spiro atoms. The molecule has 10 nitrogen and oxygen atoms in total. The molecule has 1 saturated heterocycles. The molecule has 0 aliphatic carbocycles. The number of carbonyl (C=O) groups is 2. The Labute approximate surface area is 284 Å². The fourth-order valence-corrected chi connectivity index (χ4v) is 6.77. The molecule has 4 atom stereocenters. The number of aliphatic hydroxyl groups excluding tert-OH is 2. The number of hydrogen-bond donors (Lipinski definition) is 3. The first-order valence-corrected chi connectivity index (χ1v) is 16.5. The third kappa shape index (κ3) is 7.15. The van der Waals surface area contributed by atoms with Gasteiger partial charge in [0.05, 0.1) is 23.8 Å². The molecule has 10 heteroatoms. The van der Waals surface area contributed by atoms with Gasteiger partial charge < -0.3 is 20.0 Å². The van der Waals surface area contributed by atoms with E-state index < -0.39 is 24.3 Å². The Morgan fingerprint density at radius 3 is 1.94 bits per heavy atom. The van der Waals surface area contributed by atoms with Crippen molar-refractivity contribution < 1.29 is 19.8 Å². The number of aromatic nitrogens is 4. The smallest absolute Gasteiger partial charge is 0.321 e. The van der Waals surface area contributed by atoms with Gasteiger partial charge in [-0.15, -0.1) is 0 Å². The van der Waals surface area contributed by atoms with E-state index in [2.05, 4.69) is 15.3 Å². The van der Waals surface area contributed by atoms with Crippen LogP contribution in [-0.4, -0.2) is 76.1 Å². The normalized spacial score (nSPS) is 19.7. The monoisotopic (exact) mass is 654 g/mol. The number of carbonyl (C=O) groups excluding carboxylic acids is 2. The molecule has 4 aromatic carbocycles. The molecule has 0 bridgehead atoms. The van der Waals surface area contributed by atoms with Gasteiger partial charge in [-0.25, -0.2) is 4.79 Å². The average Bonchev–Trinajstić information content (AvgIpc) is 3.82. The summed E-state index contributed by atoms with van der Waals surface area (Å²) in [6, 6.07) is 32.5. The minimum Gasteiger partial charge on any atom is -0.388 e. The quantitative estimate of drug-likeness (QED) is 0.168. The number of nitrogens with zero attached hydrogens (tertiary/aromatic N) is 5. The van der Waals surface area contributed by atoms with Crippen LogP contribution in [0.5, 0.6) is 0 Å². The maximum absolute atomic E-state index is 15.0. The summed E-state index contributed by atoms with van der Waals surface area (Å²) in [5.41, 5.74) is 4.86. The van der Waals surface area contributed by atoms with Crippen LogP contribution < -0.4 is 0 Å². The molecule has 2 amide bonds. The molecule has 3 heterocycles. The fraction of sp³-hybridized carbons (Fsp3) is 0.231. The number of fused-ring (bicyclic) bond motifs is 1. The molecule has 6 aromatic rings. The summed E-state index contributed by atoms with van der Waals surface area (Å²) < 4.78 is 1.58. The highest BCUT2D eigenvalue weighted by Crippen LogP contribution is 2.30. The summed E-state index contributed by atoms with van der Waals surface area (Å²) in [5.74, 6) is -0.108. The number of rotatable bonds is 11. The van der Waals surface area contributed by atoms with Crippen molar-refractivity contribution in [3.05, 3.63) is 156 Å². The van der Waals surface area contributed by atoms with E-state index in [1.807, 2.05) is 91.0 Å². The first-order chi connectivity index (χ1) is 23.9. The highest BCUT2D eigenvalue weighted by atomic mass is 16.3. The number of benzene rings is 4. The Kier molecular flexibility index (Phi) is 9.31. The molecule has 1 fully saturated rings. The maximum atomic E-state index is 15.0. The third-order valence-electron chi connectivity index (χ3n) is 9.33. The summed E-state index contributed by atoms with van der Waals surface area (Å²) >= 11 is 0. The molecule has 0 unspecified atom stereocenters. The third-order valence-corrected chi connectivity index (χ3v) is 9.33. The standard InChI is InChI=1S/C39H38N6O4/c46-36(26-43-18-8-17-41-43)31-14-7-13-29(19-31)24-44-34(21-27-9-3-1-4-10-27)37(47)38(48)35(22-28-11-5-2-6-12-28)45(39(44)49)25-30-15-16-33-32(20-30)23-40-42-33/h1-20,23,34-35,37-38,47-48H,21-22,24-26H2,(H,40,42)/t34-,35-,37+,38+/m1/s1. The summed E-state index contributed by atoms with van der Waals surface area (Å²) in [6.45, 7) is 0.424. The Morgan fingerprint density at radius 1 is 0.714 bits per heavy atom. The lowest BCUT2D eigenvalue weighted by Gasteiger charge is -2.36. The number of Topliss-reactive ketones (excluding diaryl/α,β-unsaturated/α-hetero) is 1. The van der Waals surface area contributed by atoms with Crippen LogP contribution in [0.3, 0.4) is 0 Å². The van der Waals surface area contributed by atoms with Crippen LogP contribution in [0.2, 0.25) is 0 Å². The van der Waals surface area contributed by atoms with E-state index in [1.54, 1.807) is 51.3 Å². The predicted octanol–water partition coefficient (Wildman–Crippen LogP) is 5.02. The Bertz CT molecular complexity index is 2010. The largest absolute Gasteiger partial charge is 0.388 e. The van der Waals surface area contributed by atoms with E-state index in [0.717, 1.165) is 33.2 Å². The van der Waals surface area contributed by atoms with E-state index in [9.17, 15) is 15.0 Å². The Hall–Kier alpha value is -5.58. The highest BCUT2D eigenvalue weighted by molar-refractivity contribution is 5.96. The zero-order chi connectivity index (χ0) is 33.7. The molecule has 0 saturated carbocycles. The average molecular weight is 655 g/mol. The topological polar surface area (TPSA) is 128 Å². The second kappa shape index (κ2) is 14.3. The van der Waals surface area contributed by atoms with E-state index in [4.69, 9.17) is 0 Å². The van der Waals surface area contributed by atoms with Gasteiger partial charge in [0.15, 0.2) is 5.78 Å². The summed E-state index contributed by atoms with van der Waals surface area (Å²) in [6.07, 6.45) is 3.28. The van der Waals surface area contributed by atoms with Gasteiger partial charge in [0.1, 0.15) is 18.8 Å². The van der Waals surface area contributed by atoms with Gasteiger partial charge in [0.2, 0.25) is 0 Å². The predicted molar refractivity (Wildman–Crippen MR) is 185 cm³/mol. The van der Waals surface area contributed by atoms with Crippen LogP contribution in [0, 0.1) is 0 Å². The fourth-order valence-electron chi connectivity index (χ4n) is 6.77. The Morgan fingerprint density at radius 2 is 1.33 bits per heavy atom. The number of urea groups is 1. The number of aromatic amines is 1. The van der Waals surface area contributed by atoms with Gasteiger partial charge >= 0.3 is 6.03 Å². The number of ketones is 1.